The maximum atomic E-state index is 12.5. The predicted octanol–water partition coefficient (Wildman–Crippen LogP) is 2.02. The Balaban J connectivity index is 2.15. The lowest BCUT2D eigenvalue weighted by atomic mass is 10.2. The number of furan rings is 1. The average Bonchev–Trinajstić information content (AvgIpc) is 2.87. The van der Waals surface area contributed by atoms with Crippen LogP contribution in [0.25, 0.3) is 0 Å². The van der Waals surface area contributed by atoms with Crippen LogP contribution in [-0.4, -0.2) is 48.0 Å². The highest BCUT2D eigenvalue weighted by Crippen LogP contribution is 2.17. The summed E-state index contributed by atoms with van der Waals surface area (Å²) in [6, 6.07) is 4.79. The zero-order valence-electron chi connectivity index (χ0n) is 13.5. The van der Waals surface area contributed by atoms with Crippen LogP contribution in [0.1, 0.15) is 32.2 Å². The minimum absolute atomic E-state index is 0.111. The predicted molar refractivity (Wildman–Crippen MR) is 84.8 cm³/mol. The Morgan fingerprint density at radius 3 is 2.52 bits per heavy atom. The number of pyridine rings is 1. The number of carbonyl (C=O) groups excluding carboxylic acids is 1. The van der Waals surface area contributed by atoms with Gasteiger partial charge in [-0.15, -0.1) is 0 Å². The molecule has 0 spiro atoms. The standard InChI is InChI=1S/C16H19N3O4/c1-10-13(16(21)22)8-12(23-10)9-19(4)15(20)11-5-6-17-14(7-11)18(2)3/h5-8H,9H2,1-4H3,(H,21,22). The maximum absolute atomic E-state index is 12.5. The maximum Gasteiger partial charge on any atom is 0.339 e. The second kappa shape index (κ2) is 6.51. The average molecular weight is 317 g/mol. The summed E-state index contributed by atoms with van der Waals surface area (Å²) in [7, 11) is 5.33. The number of carboxylic acid groups (broad SMARTS) is 1. The minimum atomic E-state index is -1.05. The monoisotopic (exact) mass is 317 g/mol. The summed E-state index contributed by atoms with van der Waals surface area (Å²) in [4.78, 5) is 30.9. The third-order valence-corrected chi connectivity index (χ3v) is 3.39. The Bertz CT molecular complexity index is 737. The number of hydrogen-bond donors (Lipinski definition) is 1. The molecule has 7 heteroatoms. The van der Waals surface area contributed by atoms with E-state index < -0.39 is 5.97 Å². The normalized spacial score (nSPS) is 10.4. The fourth-order valence-electron chi connectivity index (χ4n) is 2.16. The summed E-state index contributed by atoms with van der Waals surface area (Å²) in [5.74, 6) is 0.203. The fraction of sp³-hybridized carbons (Fsp3) is 0.312. The zero-order chi connectivity index (χ0) is 17.1. The molecule has 0 saturated heterocycles. The number of carbonyl (C=O) groups is 2. The van der Waals surface area contributed by atoms with Crippen molar-refractivity contribution < 1.29 is 19.1 Å². The topological polar surface area (TPSA) is 86.9 Å². The van der Waals surface area contributed by atoms with Crippen LogP contribution >= 0.6 is 0 Å². The highest BCUT2D eigenvalue weighted by atomic mass is 16.4. The fourth-order valence-corrected chi connectivity index (χ4v) is 2.16. The molecule has 1 N–H and O–H groups in total. The molecule has 2 heterocycles. The first kappa shape index (κ1) is 16.5. The highest BCUT2D eigenvalue weighted by Gasteiger charge is 2.18. The first-order chi connectivity index (χ1) is 10.8. The van der Waals surface area contributed by atoms with Gasteiger partial charge in [0.1, 0.15) is 22.9 Å². The highest BCUT2D eigenvalue weighted by molar-refractivity contribution is 5.94. The lowest BCUT2D eigenvalue weighted by Crippen LogP contribution is -2.26. The number of aromatic nitrogens is 1. The molecule has 2 aromatic rings. The van der Waals surface area contributed by atoms with E-state index in [-0.39, 0.29) is 18.0 Å². The van der Waals surface area contributed by atoms with Crippen LogP contribution in [0.2, 0.25) is 0 Å². The zero-order valence-corrected chi connectivity index (χ0v) is 13.5. The van der Waals surface area contributed by atoms with Crippen LogP contribution in [0, 0.1) is 6.92 Å². The van der Waals surface area contributed by atoms with Gasteiger partial charge >= 0.3 is 5.97 Å². The van der Waals surface area contributed by atoms with Crippen LogP contribution in [0.3, 0.4) is 0 Å². The van der Waals surface area contributed by atoms with Gasteiger partial charge in [0.15, 0.2) is 0 Å². The van der Waals surface area contributed by atoms with Crippen LogP contribution in [0.4, 0.5) is 5.82 Å². The molecule has 0 aromatic carbocycles. The Morgan fingerprint density at radius 1 is 1.26 bits per heavy atom. The van der Waals surface area contributed by atoms with Gasteiger partial charge in [-0.05, 0) is 25.1 Å². The van der Waals surface area contributed by atoms with Gasteiger partial charge in [0.05, 0.1) is 6.54 Å². The summed E-state index contributed by atoms with van der Waals surface area (Å²) in [5, 5.41) is 9.03. The molecule has 0 aliphatic carbocycles. The van der Waals surface area contributed by atoms with Gasteiger partial charge < -0.3 is 19.3 Å². The lowest BCUT2D eigenvalue weighted by Gasteiger charge is -2.17. The Hall–Kier alpha value is -2.83. The number of aromatic carboxylic acids is 1. The van der Waals surface area contributed by atoms with Gasteiger partial charge in [-0.1, -0.05) is 0 Å². The molecule has 2 aromatic heterocycles. The van der Waals surface area contributed by atoms with E-state index in [9.17, 15) is 9.59 Å². The van der Waals surface area contributed by atoms with E-state index in [0.29, 0.717) is 22.9 Å². The van der Waals surface area contributed by atoms with Gasteiger partial charge in [-0.25, -0.2) is 9.78 Å². The van der Waals surface area contributed by atoms with Crippen LogP contribution < -0.4 is 4.90 Å². The summed E-state index contributed by atoms with van der Waals surface area (Å²) in [6.07, 6.45) is 1.58. The molecule has 0 atom stereocenters. The van der Waals surface area contributed by atoms with E-state index in [4.69, 9.17) is 9.52 Å². The van der Waals surface area contributed by atoms with E-state index in [1.54, 1.807) is 32.3 Å². The van der Waals surface area contributed by atoms with E-state index in [2.05, 4.69) is 4.98 Å². The molecule has 1 amide bonds. The largest absolute Gasteiger partial charge is 0.478 e. The smallest absolute Gasteiger partial charge is 0.339 e. The molecule has 7 nitrogen and oxygen atoms in total. The van der Waals surface area contributed by atoms with E-state index >= 15 is 0 Å². The van der Waals surface area contributed by atoms with Crippen molar-refractivity contribution in [1.29, 1.82) is 0 Å². The van der Waals surface area contributed by atoms with Gasteiger partial charge in [0.2, 0.25) is 0 Å². The van der Waals surface area contributed by atoms with Crippen molar-refractivity contribution >= 4 is 17.7 Å². The van der Waals surface area contributed by atoms with E-state index in [0.717, 1.165) is 0 Å². The van der Waals surface area contributed by atoms with Gasteiger partial charge in [0, 0.05) is 32.9 Å². The van der Waals surface area contributed by atoms with Crippen molar-refractivity contribution in [1.82, 2.24) is 9.88 Å². The molecule has 0 radical (unpaired) electrons. The number of nitrogens with zero attached hydrogens (tertiary/aromatic N) is 3. The summed E-state index contributed by atoms with van der Waals surface area (Å²) >= 11 is 0. The number of anilines is 1. The summed E-state index contributed by atoms with van der Waals surface area (Å²) in [5.41, 5.74) is 0.618. The summed E-state index contributed by atoms with van der Waals surface area (Å²) in [6.45, 7) is 1.77. The molecule has 0 fully saturated rings. The molecular weight excluding hydrogens is 298 g/mol. The Morgan fingerprint density at radius 2 is 1.96 bits per heavy atom. The van der Waals surface area contributed by atoms with Crippen LogP contribution in [0.5, 0.6) is 0 Å². The molecule has 0 unspecified atom stereocenters. The van der Waals surface area contributed by atoms with Gasteiger partial charge in [-0.2, -0.15) is 0 Å². The first-order valence-electron chi connectivity index (χ1n) is 7.01. The quantitative estimate of drug-likeness (QED) is 0.908. The second-order valence-corrected chi connectivity index (χ2v) is 5.45. The molecule has 122 valence electrons. The molecular formula is C16H19N3O4. The molecule has 0 bridgehead atoms. The second-order valence-electron chi connectivity index (χ2n) is 5.45. The van der Waals surface area contributed by atoms with Crippen molar-refractivity contribution in [2.75, 3.05) is 26.0 Å². The molecule has 0 saturated carbocycles. The van der Waals surface area contributed by atoms with Crippen molar-refractivity contribution in [3.8, 4) is 0 Å². The van der Waals surface area contributed by atoms with Crippen molar-refractivity contribution in [2.24, 2.45) is 0 Å². The molecule has 0 aliphatic rings. The van der Waals surface area contributed by atoms with Crippen molar-refractivity contribution in [2.45, 2.75) is 13.5 Å². The van der Waals surface area contributed by atoms with Crippen molar-refractivity contribution in [3.05, 3.63) is 47.0 Å². The number of hydrogen-bond acceptors (Lipinski definition) is 5. The molecule has 0 aliphatic heterocycles. The lowest BCUT2D eigenvalue weighted by molar-refractivity contribution is 0.0694. The van der Waals surface area contributed by atoms with E-state index in [1.807, 2.05) is 19.0 Å². The number of rotatable bonds is 5. The van der Waals surface area contributed by atoms with Gasteiger partial charge in [0.25, 0.3) is 5.91 Å². The Kier molecular flexibility index (Phi) is 4.68. The molecule has 23 heavy (non-hydrogen) atoms. The van der Waals surface area contributed by atoms with Gasteiger partial charge in [-0.3, -0.25) is 4.79 Å². The van der Waals surface area contributed by atoms with Crippen LogP contribution in [-0.2, 0) is 6.54 Å². The SMILES string of the molecule is Cc1oc(CN(C)C(=O)c2ccnc(N(C)C)c2)cc1C(=O)O. The number of amides is 1. The van der Waals surface area contributed by atoms with Crippen LogP contribution in [0.15, 0.2) is 28.8 Å². The van der Waals surface area contributed by atoms with E-state index in [1.165, 1.54) is 11.0 Å². The first-order valence-corrected chi connectivity index (χ1v) is 7.01. The minimum Gasteiger partial charge on any atom is -0.478 e. The number of carboxylic acids is 1. The summed E-state index contributed by atoms with van der Waals surface area (Å²) < 4.78 is 5.40. The third kappa shape index (κ3) is 3.68. The third-order valence-electron chi connectivity index (χ3n) is 3.39. The molecule has 2 rings (SSSR count). The number of aryl methyl sites for hydroxylation is 1. The Labute approximate surface area is 134 Å². The van der Waals surface area contributed by atoms with Crippen molar-refractivity contribution in [3.63, 3.8) is 0 Å².